The van der Waals surface area contributed by atoms with Crippen molar-refractivity contribution in [3.63, 3.8) is 0 Å². The maximum absolute atomic E-state index is 12.2. The number of amides is 1. The van der Waals surface area contributed by atoms with E-state index >= 15 is 0 Å². The van der Waals surface area contributed by atoms with Crippen LogP contribution in [0.2, 0.25) is 5.02 Å². The molecule has 1 unspecified atom stereocenters. The van der Waals surface area contributed by atoms with Crippen molar-refractivity contribution in [1.82, 2.24) is 4.90 Å². The Bertz CT molecular complexity index is 701. The van der Waals surface area contributed by atoms with E-state index in [0.717, 1.165) is 31.2 Å². The molecule has 1 aromatic carbocycles. The number of hydrogen-bond donors (Lipinski definition) is 1. The van der Waals surface area contributed by atoms with Gasteiger partial charge in [0.2, 0.25) is 5.91 Å². The Morgan fingerprint density at radius 2 is 2.00 bits per heavy atom. The molecule has 1 aliphatic heterocycles. The van der Waals surface area contributed by atoms with Crippen LogP contribution in [-0.2, 0) is 20.8 Å². The third kappa shape index (κ3) is 7.55. The summed E-state index contributed by atoms with van der Waals surface area (Å²) in [5, 5.41) is 9.24. The van der Waals surface area contributed by atoms with Gasteiger partial charge < -0.3 is 10.0 Å². The second kappa shape index (κ2) is 10.9. The minimum absolute atomic E-state index is 0.00904. The average Bonchev–Trinajstić information content (AvgIpc) is 2.96. The van der Waals surface area contributed by atoms with Crippen LogP contribution in [0.3, 0.4) is 0 Å². The molecular weight excluding hydrogens is 366 g/mol. The van der Waals surface area contributed by atoms with Crippen molar-refractivity contribution < 1.29 is 19.5 Å². The number of aliphatic carboxylic acids is 1. The van der Waals surface area contributed by atoms with Gasteiger partial charge in [-0.15, -0.1) is 0 Å². The number of likely N-dealkylation sites (tertiary alicyclic amines) is 1. The van der Waals surface area contributed by atoms with Gasteiger partial charge in [0.05, 0.1) is 6.04 Å². The van der Waals surface area contributed by atoms with Crippen LogP contribution in [0.1, 0.15) is 50.5 Å². The van der Waals surface area contributed by atoms with Crippen molar-refractivity contribution in [2.24, 2.45) is 0 Å². The highest BCUT2D eigenvalue weighted by Crippen LogP contribution is 2.21. The number of nitrogens with zero attached hydrogens (tertiary/aromatic N) is 1. The monoisotopic (exact) mass is 391 g/mol. The third-order valence-electron chi connectivity index (χ3n) is 4.69. The lowest BCUT2D eigenvalue weighted by molar-refractivity contribution is -0.137. The minimum Gasteiger partial charge on any atom is -0.481 e. The van der Waals surface area contributed by atoms with Crippen LogP contribution in [-0.4, -0.2) is 40.3 Å². The highest BCUT2D eigenvalue weighted by Gasteiger charge is 2.28. The van der Waals surface area contributed by atoms with Gasteiger partial charge in [-0.25, -0.2) is 0 Å². The molecule has 1 N–H and O–H groups in total. The summed E-state index contributed by atoms with van der Waals surface area (Å²) in [5.74, 6) is -0.653. The summed E-state index contributed by atoms with van der Waals surface area (Å²) < 4.78 is 0. The molecule has 1 saturated heterocycles. The standard InChI is InChI=1S/C21H26ClNO4/c22-17-7-5-6-16(14-17)15-19(24)11-9-18-10-12-20(25)23(18)13-4-2-1-3-8-21(26)27/h5-7,9,11,14,18H,1-4,8,10,12-13,15H2,(H,26,27)/b11-9+. The van der Waals surface area contributed by atoms with E-state index in [-0.39, 0.29) is 24.2 Å². The largest absolute Gasteiger partial charge is 0.481 e. The number of carbonyl (C=O) groups is 3. The molecule has 0 saturated carbocycles. The first-order valence-electron chi connectivity index (χ1n) is 9.42. The number of carboxylic acid groups (broad SMARTS) is 1. The molecular formula is C21H26ClNO4. The number of carboxylic acids is 1. The van der Waals surface area contributed by atoms with Crippen LogP contribution in [0.15, 0.2) is 36.4 Å². The second-order valence-corrected chi connectivity index (χ2v) is 7.32. The molecule has 0 radical (unpaired) electrons. The number of rotatable bonds is 11. The Balaban J connectivity index is 1.77. The number of unbranched alkanes of at least 4 members (excludes halogenated alkanes) is 3. The molecule has 0 aromatic heterocycles. The summed E-state index contributed by atoms with van der Waals surface area (Å²) >= 11 is 5.94. The highest BCUT2D eigenvalue weighted by atomic mass is 35.5. The zero-order valence-corrected chi connectivity index (χ0v) is 16.2. The molecule has 1 atom stereocenters. The van der Waals surface area contributed by atoms with E-state index in [1.54, 1.807) is 18.2 Å². The number of allylic oxidation sites excluding steroid dienone is 1. The van der Waals surface area contributed by atoms with E-state index in [1.807, 2.05) is 23.1 Å². The molecule has 0 spiro atoms. The molecule has 0 aliphatic carbocycles. The van der Waals surface area contributed by atoms with Gasteiger partial charge in [0, 0.05) is 30.8 Å². The first kappa shape index (κ1) is 21.2. The number of halogens is 1. The first-order valence-corrected chi connectivity index (χ1v) is 9.80. The number of benzene rings is 1. The van der Waals surface area contributed by atoms with E-state index in [4.69, 9.17) is 16.7 Å². The Kier molecular flexibility index (Phi) is 8.52. The second-order valence-electron chi connectivity index (χ2n) is 6.88. The van der Waals surface area contributed by atoms with Crippen LogP contribution in [0, 0.1) is 0 Å². The molecule has 1 amide bonds. The molecule has 1 fully saturated rings. The summed E-state index contributed by atoms with van der Waals surface area (Å²) in [6.45, 7) is 0.656. The molecule has 5 nitrogen and oxygen atoms in total. The van der Waals surface area contributed by atoms with Gasteiger partial charge in [0.1, 0.15) is 0 Å². The third-order valence-corrected chi connectivity index (χ3v) is 4.92. The lowest BCUT2D eigenvalue weighted by atomic mass is 10.1. The van der Waals surface area contributed by atoms with Crippen LogP contribution in [0.4, 0.5) is 0 Å². The maximum atomic E-state index is 12.2. The zero-order chi connectivity index (χ0) is 19.6. The Labute approximate surface area is 165 Å². The lowest BCUT2D eigenvalue weighted by Crippen LogP contribution is -2.32. The van der Waals surface area contributed by atoms with E-state index in [2.05, 4.69) is 0 Å². The van der Waals surface area contributed by atoms with E-state index in [1.165, 1.54) is 0 Å². The summed E-state index contributed by atoms with van der Waals surface area (Å²) in [4.78, 5) is 36.6. The maximum Gasteiger partial charge on any atom is 0.303 e. The van der Waals surface area contributed by atoms with E-state index in [0.29, 0.717) is 30.8 Å². The Morgan fingerprint density at radius 1 is 1.22 bits per heavy atom. The van der Waals surface area contributed by atoms with Gasteiger partial charge in [-0.05, 0) is 43.0 Å². The topological polar surface area (TPSA) is 74.7 Å². The molecule has 146 valence electrons. The van der Waals surface area contributed by atoms with E-state index in [9.17, 15) is 14.4 Å². The van der Waals surface area contributed by atoms with Gasteiger partial charge in [-0.2, -0.15) is 0 Å². The molecule has 27 heavy (non-hydrogen) atoms. The zero-order valence-electron chi connectivity index (χ0n) is 15.4. The van der Waals surface area contributed by atoms with Gasteiger partial charge in [-0.3, -0.25) is 14.4 Å². The fourth-order valence-corrected chi connectivity index (χ4v) is 3.50. The first-order chi connectivity index (χ1) is 13.0. The quantitative estimate of drug-likeness (QED) is 0.456. The van der Waals surface area contributed by atoms with Crippen molar-refractivity contribution in [1.29, 1.82) is 0 Å². The summed E-state index contributed by atoms with van der Waals surface area (Å²) in [7, 11) is 0. The fourth-order valence-electron chi connectivity index (χ4n) is 3.28. The number of hydrogen-bond acceptors (Lipinski definition) is 3. The van der Waals surface area contributed by atoms with Gasteiger partial charge in [0.25, 0.3) is 0 Å². The van der Waals surface area contributed by atoms with Crippen molar-refractivity contribution in [3.8, 4) is 0 Å². The summed E-state index contributed by atoms with van der Waals surface area (Å²) in [5.41, 5.74) is 0.873. The summed E-state index contributed by atoms with van der Waals surface area (Å²) in [6.07, 6.45) is 8.43. The SMILES string of the molecule is O=C(O)CCCCCCN1C(=O)CCC1/C=C/C(=O)Cc1cccc(Cl)c1. The smallest absolute Gasteiger partial charge is 0.303 e. The molecule has 1 heterocycles. The van der Waals surface area contributed by atoms with Gasteiger partial charge in [0.15, 0.2) is 5.78 Å². The minimum atomic E-state index is -0.766. The summed E-state index contributed by atoms with van der Waals surface area (Å²) in [6, 6.07) is 7.22. The predicted molar refractivity (Wildman–Crippen MR) is 105 cm³/mol. The van der Waals surface area contributed by atoms with E-state index < -0.39 is 5.97 Å². The number of ketones is 1. The van der Waals surface area contributed by atoms with Gasteiger partial charge >= 0.3 is 5.97 Å². The Hall–Kier alpha value is -2.14. The van der Waals surface area contributed by atoms with Crippen LogP contribution < -0.4 is 0 Å². The van der Waals surface area contributed by atoms with Crippen LogP contribution in [0.5, 0.6) is 0 Å². The average molecular weight is 392 g/mol. The van der Waals surface area contributed by atoms with Crippen LogP contribution in [0.25, 0.3) is 0 Å². The lowest BCUT2D eigenvalue weighted by Gasteiger charge is -2.22. The molecule has 2 rings (SSSR count). The van der Waals surface area contributed by atoms with Crippen molar-refractivity contribution in [2.75, 3.05) is 6.54 Å². The normalized spacial score (nSPS) is 17.0. The van der Waals surface area contributed by atoms with Crippen LogP contribution >= 0.6 is 11.6 Å². The highest BCUT2D eigenvalue weighted by molar-refractivity contribution is 6.30. The number of carbonyl (C=O) groups excluding carboxylic acids is 2. The molecule has 1 aromatic rings. The Morgan fingerprint density at radius 3 is 2.74 bits per heavy atom. The fraction of sp³-hybridized carbons (Fsp3) is 0.476. The molecule has 0 bridgehead atoms. The van der Waals surface area contributed by atoms with Crippen molar-refractivity contribution >= 4 is 29.3 Å². The predicted octanol–water partition coefficient (Wildman–Crippen LogP) is 4.03. The molecule has 1 aliphatic rings. The van der Waals surface area contributed by atoms with Crippen molar-refractivity contribution in [3.05, 3.63) is 47.0 Å². The van der Waals surface area contributed by atoms with Crippen molar-refractivity contribution in [2.45, 2.75) is 57.4 Å². The van der Waals surface area contributed by atoms with Gasteiger partial charge in [-0.1, -0.05) is 42.7 Å². The molecule has 6 heteroatoms.